The average molecular weight is 434 g/mol. The molecule has 0 saturated carbocycles. The molecule has 0 aliphatic rings. The number of nitrogens with zero attached hydrogens (tertiary/aromatic N) is 1. The zero-order chi connectivity index (χ0) is 22.3. The molecule has 30 heavy (non-hydrogen) atoms. The lowest BCUT2D eigenvalue weighted by Gasteiger charge is -2.13. The van der Waals surface area contributed by atoms with Gasteiger partial charge in [0.05, 0.1) is 23.6 Å². The highest BCUT2D eigenvalue weighted by molar-refractivity contribution is 7.88. The predicted octanol–water partition coefficient (Wildman–Crippen LogP) is 2.32. The Morgan fingerprint density at radius 3 is 2.37 bits per heavy atom. The molecule has 2 aromatic rings. The molecule has 8 nitrogen and oxygen atoms in total. The van der Waals surface area contributed by atoms with Crippen molar-refractivity contribution in [2.45, 2.75) is 46.0 Å². The van der Waals surface area contributed by atoms with Gasteiger partial charge in [-0.15, -0.1) is 0 Å². The highest BCUT2D eigenvalue weighted by atomic mass is 32.2. The molecule has 0 aliphatic heterocycles. The molecule has 0 bridgehead atoms. The van der Waals surface area contributed by atoms with Crippen LogP contribution in [-0.4, -0.2) is 37.9 Å². The molecule has 0 radical (unpaired) electrons. The van der Waals surface area contributed by atoms with E-state index in [4.69, 9.17) is 4.74 Å². The average Bonchev–Trinajstić information content (AvgIpc) is 2.65. The van der Waals surface area contributed by atoms with Crippen molar-refractivity contribution in [3.63, 3.8) is 0 Å². The molecule has 1 heterocycles. The predicted molar refractivity (Wildman–Crippen MR) is 113 cm³/mol. The number of nitrogens with one attached hydrogen (secondary N) is 2. The largest absolute Gasteiger partial charge is 0.462 e. The number of aromatic nitrogens is 1. The Balaban J connectivity index is 2.10. The number of benzene rings is 1. The Hall–Kier alpha value is -2.78. The van der Waals surface area contributed by atoms with Crippen LogP contribution in [0.4, 0.5) is 0 Å². The third-order valence-electron chi connectivity index (χ3n) is 4.13. The van der Waals surface area contributed by atoms with Gasteiger partial charge in [0.25, 0.3) is 5.91 Å². The minimum Gasteiger partial charge on any atom is -0.462 e. The van der Waals surface area contributed by atoms with Crippen LogP contribution in [0.5, 0.6) is 0 Å². The molecular weight excluding hydrogens is 406 g/mol. The van der Waals surface area contributed by atoms with Crippen molar-refractivity contribution >= 4 is 21.9 Å². The molecule has 0 spiro atoms. The SMILES string of the molecule is CCOC(=O)c1ccc(C(=O)NCc2ccccc2CS(=O)(=O)NC(C)C)nc1C. The molecule has 2 rings (SSSR count). The molecule has 0 fully saturated rings. The fraction of sp³-hybridized carbons (Fsp3) is 0.381. The van der Waals surface area contributed by atoms with Crippen molar-refractivity contribution in [2.75, 3.05) is 6.61 Å². The van der Waals surface area contributed by atoms with Crippen LogP contribution < -0.4 is 10.0 Å². The maximum Gasteiger partial charge on any atom is 0.339 e. The second-order valence-corrected chi connectivity index (χ2v) is 8.79. The number of esters is 1. The van der Waals surface area contributed by atoms with E-state index in [9.17, 15) is 18.0 Å². The highest BCUT2D eigenvalue weighted by Crippen LogP contribution is 2.13. The van der Waals surface area contributed by atoms with E-state index in [-0.39, 0.29) is 30.6 Å². The molecule has 9 heteroatoms. The van der Waals surface area contributed by atoms with Crippen LogP contribution in [0.15, 0.2) is 36.4 Å². The number of carbonyl (C=O) groups excluding carboxylic acids is 2. The van der Waals surface area contributed by atoms with Gasteiger partial charge in [0.1, 0.15) is 5.69 Å². The first-order valence-corrected chi connectivity index (χ1v) is 11.3. The van der Waals surface area contributed by atoms with E-state index in [2.05, 4.69) is 15.0 Å². The second kappa shape index (κ2) is 10.3. The monoisotopic (exact) mass is 433 g/mol. The van der Waals surface area contributed by atoms with Crippen LogP contribution >= 0.6 is 0 Å². The first kappa shape index (κ1) is 23.5. The summed E-state index contributed by atoms with van der Waals surface area (Å²) in [5.74, 6) is -1.09. The van der Waals surface area contributed by atoms with Gasteiger partial charge in [-0.05, 0) is 51.0 Å². The van der Waals surface area contributed by atoms with E-state index in [1.165, 1.54) is 12.1 Å². The molecule has 0 saturated heterocycles. The number of rotatable bonds is 9. The van der Waals surface area contributed by atoms with Gasteiger partial charge >= 0.3 is 5.97 Å². The highest BCUT2D eigenvalue weighted by Gasteiger charge is 2.17. The van der Waals surface area contributed by atoms with E-state index < -0.39 is 21.9 Å². The minimum absolute atomic E-state index is 0.145. The van der Waals surface area contributed by atoms with Crippen LogP contribution in [0, 0.1) is 6.92 Å². The number of pyridine rings is 1. The van der Waals surface area contributed by atoms with Crippen molar-refractivity contribution in [2.24, 2.45) is 0 Å². The Kier molecular flexibility index (Phi) is 8.08. The lowest BCUT2D eigenvalue weighted by molar-refractivity contribution is 0.0524. The van der Waals surface area contributed by atoms with Crippen LogP contribution in [0.25, 0.3) is 0 Å². The van der Waals surface area contributed by atoms with Gasteiger partial charge in [-0.1, -0.05) is 24.3 Å². The lowest BCUT2D eigenvalue weighted by Crippen LogP contribution is -2.32. The Labute approximate surface area is 177 Å². The smallest absolute Gasteiger partial charge is 0.339 e. The second-order valence-electron chi connectivity index (χ2n) is 7.03. The van der Waals surface area contributed by atoms with E-state index in [0.29, 0.717) is 22.4 Å². The summed E-state index contributed by atoms with van der Waals surface area (Å²) in [6, 6.07) is 9.79. The standard InChI is InChI=1S/C21H27N3O5S/c1-5-29-21(26)18-10-11-19(23-15(18)4)20(25)22-12-16-8-6-7-9-17(16)13-30(27,28)24-14(2)3/h6-11,14,24H,5,12-13H2,1-4H3,(H,22,25). The Morgan fingerprint density at radius 2 is 1.77 bits per heavy atom. The van der Waals surface area contributed by atoms with Crippen molar-refractivity contribution in [1.29, 1.82) is 0 Å². The van der Waals surface area contributed by atoms with Crippen molar-refractivity contribution in [3.8, 4) is 0 Å². The van der Waals surface area contributed by atoms with Gasteiger partial charge < -0.3 is 10.1 Å². The zero-order valence-electron chi connectivity index (χ0n) is 17.6. The fourth-order valence-electron chi connectivity index (χ4n) is 2.85. The maximum absolute atomic E-state index is 12.5. The third kappa shape index (κ3) is 6.64. The quantitative estimate of drug-likeness (QED) is 0.587. The number of carbonyl (C=O) groups is 2. The Morgan fingerprint density at radius 1 is 1.10 bits per heavy atom. The van der Waals surface area contributed by atoms with E-state index in [1.54, 1.807) is 52.0 Å². The third-order valence-corrected chi connectivity index (χ3v) is 5.65. The van der Waals surface area contributed by atoms with Gasteiger partial charge in [-0.3, -0.25) is 4.79 Å². The number of amides is 1. The van der Waals surface area contributed by atoms with E-state index in [1.807, 2.05) is 0 Å². The maximum atomic E-state index is 12.5. The first-order chi connectivity index (χ1) is 14.1. The molecule has 1 aromatic heterocycles. The molecule has 162 valence electrons. The summed E-state index contributed by atoms with van der Waals surface area (Å²) in [7, 11) is -3.49. The number of hydrogen-bond donors (Lipinski definition) is 2. The summed E-state index contributed by atoms with van der Waals surface area (Å²) in [4.78, 5) is 28.5. The van der Waals surface area contributed by atoms with Crippen LogP contribution in [0.1, 0.15) is 58.4 Å². The molecule has 0 aliphatic carbocycles. The van der Waals surface area contributed by atoms with E-state index in [0.717, 1.165) is 0 Å². The minimum atomic E-state index is -3.49. The topological polar surface area (TPSA) is 114 Å². The molecule has 0 atom stereocenters. The molecule has 2 N–H and O–H groups in total. The van der Waals surface area contributed by atoms with Gasteiger partial charge in [0, 0.05) is 12.6 Å². The summed E-state index contributed by atoms with van der Waals surface area (Å²) in [5.41, 5.74) is 2.16. The molecule has 1 amide bonds. The van der Waals surface area contributed by atoms with Crippen LogP contribution in [0.3, 0.4) is 0 Å². The Bertz CT molecular complexity index is 1020. The number of aryl methyl sites for hydroxylation is 1. The molecular formula is C21H27N3O5S. The zero-order valence-corrected chi connectivity index (χ0v) is 18.4. The van der Waals surface area contributed by atoms with E-state index >= 15 is 0 Å². The van der Waals surface area contributed by atoms with Crippen molar-refractivity contribution in [1.82, 2.24) is 15.0 Å². The first-order valence-electron chi connectivity index (χ1n) is 9.62. The van der Waals surface area contributed by atoms with Crippen molar-refractivity contribution in [3.05, 3.63) is 64.5 Å². The number of hydrogen-bond acceptors (Lipinski definition) is 6. The van der Waals surface area contributed by atoms with Gasteiger partial charge in [0.15, 0.2) is 0 Å². The number of ether oxygens (including phenoxy) is 1. The van der Waals surface area contributed by atoms with Gasteiger partial charge in [-0.2, -0.15) is 0 Å². The summed E-state index contributed by atoms with van der Waals surface area (Å²) < 4.78 is 32.0. The lowest BCUT2D eigenvalue weighted by atomic mass is 10.1. The number of sulfonamides is 1. The summed E-state index contributed by atoms with van der Waals surface area (Å²) in [6.07, 6.45) is 0. The summed E-state index contributed by atoms with van der Waals surface area (Å²) >= 11 is 0. The normalized spacial score (nSPS) is 11.4. The molecule has 0 unspecified atom stereocenters. The fourth-order valence-corrected chi connectivity index (χ4v) is 4.35. The van der Waals surface area contributed by atoms with Gasteiger partial charge in [-0.25, -0.2) is 22.9 Å². The summed E-state index contributed by atoms with van der Waals surface area (Å²) in [6.45, 7) is 7.25. The molecule has 1 aromatic carbocycles. The summed E-state index contributed by atoms with van der Waals surface area (Å²) in [5, 5.41) is 2.75. The van der Waals surface area contributed by atoms with Crippen molar-refractivity contribution < 1.29 is 22.7 Å². The van der Waals surface area contributed by atoms with Gasteiger partial charge in [0.2, 0.25) is 10.0 Å². The van der Waals surface area contributed by atoms with Crippen LogP contribution in [0.2, 0.25) is 0 Å². The van der Waals surface area contributed by atoms with Crippen LogP contribution in [-0.2, 0) is 27.1 Å².